The Morgan fingerprint density at radius 3 is 2.10 bits per heavy atom. The van der Waals surface area contributed by atoms with E-state index in [0.29, 0.717) is 5.75 Å². The van der Waals surface area contributed by atoms with Crippen LogP contribution in [-0.2, 0) is 9.53 Å². The molecule has 5 atom stereocenters. The van der Waals surface area contributed by atoms with Crippen molar-refractivity contribution in [1.29, 1.82) is 0 Å². The van der Waals surface area contributed by atoms with E-state index >= 15 is 0 Å². The highest BCUT2D eigenvalue weighted by atomic mass is 16.7. The Hall–Kier alpha value is -2.97. The molecule has 1 heterocycles. The molecule has 1 saturated heterocycles. The van der Waals surface area contributed by atoms with Crippen LogP contribution in [0.5, 0.6) is 5.75 Å². The number of hydrogen-bond donors (Lipinski definition) is 4. The van der Waals surface area contributed by atoms with Crippen molar-refractivity contribution in [1.82, 2.24) is 0 Å². The van der Waals surface area contributed by atoms with Gasteiger partial charge in [-0.2, -0.15) is 0 Å². The molecule has 4 N–H and O–H groups in total. The summed E-state index contributed by atoms with van der Waals surface area (Å²) in [6.45, 7) is 0. The van der Waals surface area contributed by atoms with Gasteiger partial charge < -0.3 is 29.9 Å². The Morgan fingerprint density at radius 1 is 0.793 bits per heavy atom. The summed E-state index contributed by atoms with van der Waals surface area (Å²) in [7, 11) is 0. The van der Waals surface area contributed by atoms with E-state index in [0.717, 1.165) is 32.3 Å². The lowest BCUT2D eigenvalue weighted by Crippen LogP contribution is -2.61. The summed E-state index contributed by atoms with van der Waals surface area (Å²) < 4.78 is 11.1. The van der Waals surface area contributed by atoms with Gasteiger partial charge in [0.05, 0.1) is 0 Å². The summed E-state index contributed by atoms with van der Waals surface area (Å²) in [4.78, 5) is 11.3. The molecule has 0 saturated carbocycles. The average Bonchev–Trinajstić information content (AvgIpc) is 2.73. The minimum absolute atomic E-state index is 0.382. The SMILES string of the molecule is O=C(O)[C@H]1O[C@@H](Oc2ccc3ccc4cccc5ccc2c3c45)[C@@H](O)[C@H](O)[C@@H]1O. The monoisotopic (exact) mass is 394 g/mol. The summed E-state index contributed by atoms with van der Waals surface area (Å²) in [5.41, 5.74) is 0. The predicted molar refractivity (Wildman–Crippen MR) is 105 cm³/mol. The molecule has 29 heavy (non-hydrogen) atoms. The highest BCUT2D eigenvalue weighted by Crippen LogP contribution is 2.39. The first-order valence-electron chi connectivity index (χ1n) is 9.21. The van der Waals surface area contributed by atoms with E-state index in [-0.39, 0.29) is 0 Å². The van der Waals surface area contributed by atoms with E-state index in [4.69, 9.17) is 9.47 Å². The second kappa shape index (κ2) is 6.53. The van der Waals surface area contributed by atoms with Gasteiger partial charge in [-0.3, -0.25) is 0 Å². The quantitative estimate of drug-likeness (QED) is 0.392. The summed E-state index contributed by atoms with van der Waals surface area (Å²) >= 11 is 0. The van der Waals surface area contributed by atoms with Crippen molar-refractivity contribution in [2.24, 2.45) is 0 Å². The fourth-order valence-electron chi connectivity index (χ4n) is 4.09. The Labute approximate surface area is 164 Å². The minimum atomic E-state index is -1.76. The highest BCUT2D eigenvalue weighted by Gasteiger charge is 2.48. The Bertz CT molecular complexity index is 1200. The lowest BCUT2D eigenvalue weighted by molar-refractivity contribution is -0.270. The van der Waals surface area contributed by atoms with Gasteiger partial charge in [-0.05, 0) is 33.7 Å². The number of ether oxygens (including phenoxy) is 2. The van der Waals surface area contributed by atoms with E-state index in [2.05, 4.69) is 0 Å². The fourth-order valence-corrected chi connectivity index (χ4v) is 4.09. The van der Waals surface area contributed by atoms with E-state index < -0.39 is 36.7 Å². The van der Waals surface area contributed by atoms with Crippen molar-refractivity contribution in [3.63, 3.8) is 0 Å². The molecule has 1 aliphatic rings. The molecule has 0 aliphatic carbocycles. The van der Waals surface area contributed by atoms with Crippen LogP contribution in [0.4, 0.5) is 0 Å². The molecule has 0 radical (unpaired) electrons. The summed E-state index contributed by atoms with van der Waals surface area (Å²) in [5, 5.41) is 45.4. The number of carboxylic acids is 1. The molecule has 5 rings (SSSR count). The molecule has 7 nitrogen and oxygen atoms in total. The predicted octanol–water partition coefficient (Wildman–Crippen LogP) is 1.85. The largest absolute Gasteiger partial charge is 0.479 e. The van der Waals surface area contributed by atoms with E-state index in [9.17, 15) is 25.2 Å². The molecule has 1 aliphatic heterocycles. The van der Waals surface area contributed by atoms with E-state index in [1.54, 1.807) is 6.07 Å². The smallest absolute Gasteiger partial charge is 0.335 e. The Kier molecular flexibility index (Phi) is 4.07. The normalized spacial score (nSPS) is 27.6. The maximum atomic E-state index is 11.3. The van der Waals surface area contributed by atoms with Gasteiger partial charge in [-0.1, -0.05) is 42.5 Å². The van der Waals surface area contributed by atoms with Crippen molar-refractivity contribution in [3.05, 3.63) is 54.6 Å². The zero-order valence-corrected chi connectivity index (χ0v) is 15.1. The van der Waals surface area contributed by atoms with Crippen LogP contribution >= 0.6 is 0 Å². The molecular weight excluding hydrogens is 376 g/mol. The summed E-state index contributed by atoms with van der Waals surface area (Å²) in [6, 6.07) is 17.6. The number of aliphatic hydroxyl groups excluding tert-OH is 3. The van der Waals surface area contributed by atoms with Crippen LogP contribution < -0.4 is 4.74 Å². The zero-order valence-electron chi connectivity index (χ0n) is 15.1. The number of hydrogen-bond acceptors (Lipinski definition) is 6. The van der Waals surface area contributed by atoms with Crippen molar-refractivity contribution in [2.75, 3.05) is 0 Å². The molecule has 0 amide bonds. The summed E-state index contributed by atoms with van der Waals surface area (Å²) in [5.74, 6) is -1.07. The van der Waals surface area contributed by atoms with Gasteiger partial charge in [0.1, 0.15) is 24.1 Å². The molecule has 0 bridgehead atoms. The molecule has 4 aromatic rings. The minimum Gasteiger partial charge on any atom is -0.479 e. The molecule has 0 spiro atoms. The third kappa shape index (κ3) is 2.71. The number of carbonyl (C=O) groups is 1. The maximum Gasteiger partial charge on any atom is 0.335 e. The highest BCUT2D eigenvalue weighted by molar-refractivity contribution is 6.24. The zero-order chi connectivity index (χ0) is 20.3. The number of carboxylic acid groups (broad SMARTS) is 1. The van der Waals surface area contributed by atoms with E-state index in [1.165, 1.54) is 0 Å². The Morgan fingerprint density at radius 2 is 1.41 bits per heavy atom. The second-order valence-corrected chi connectivity index (χ2v) is 7.27. The average molecular weight is 394 g/mol. The van der Waals surface area contributed by atoms with Crippen molar-refractivity contribution < 1.29 is 34.7 Å². The lowest BCUT2D eigenvalue weighted by Gasteiger charge is -2.38. The van der Waals surface area contributed by atoms with Crippen molar-refractivity contribution >= 4 is 38.3 Å². The van der Waals surface area contributed by atoms with Gasteiger partial charge in [0, 0.05) is 10.8 Å². The second-order valence-electron chi connectivity index (χ2n) is 7.27. The van der Waals surface area contributed by atoms with Crippen LogP contribution in [0.1, 0.15) is 0 Å². The van der Waals surface area contributed by atoms with Gasteiger partial charge in [0.15, 0.2) is 6.10 Å². The van der Waals surface area contributed by atoms with Gasteiger partial charge in [-0.15, -0.1) is 0 Å². The van der Waals surface area contributed by atoms with E-state index in [1.807, 2.05) is 48.5 Å². The van der Waals surface area contributed by atoms with Crippen LogP contribution in [-0.4, -0.2) is 57.1 Å². The third-order valence-corrected chi connectivity index (χ3v) is 5.54. The number of aliphatic hydroxyl groups is 3. The lowest BCUT2D eigenvalue weighted by atomic mass is 9.94. The van der Waals surface area contributed by atoms with Gasteiger partial charge >= 0.3 is 5.97 Å². The number of benzene rings is 4. The molecule has 0 unspecified atom stereocenters. The molecule has 1 fully saturated rings. The van der Waals surface area contributed by atoms with Gasteiger partial charge in [0.2, 0.25) is 6.29 Å². The van der Waals surface area contributed by atoms with Gasteiger partial charge in [-0.25, -0.2) is 4.79 Å². The van der Waals surface area contributed by atoms with Crippen LogP contribution in [0.2, 0.25) is 0 Å². The van der Waals surface area contributed by atoms with Crippen LogP contribution in [0.25, 0.3) is 32.3 Å². The Balaban J connectivity index is 1.61. The molecule has 0 aromatic heterocycles. The van der Waals surface area contributed by atoms with Crippen LogP contribution in [0.3, 0.4) is 0 Å². The fraction of sp³-hybridized carbons (Fsp3) is 0.227. The first-order valence-corrected chi connectivity index (χ1v) is 9.21. The maximum absolute atomic E-state index is 11.3. The van der Waals surface area contributed by atoms with Gasteiger partial charge in [0.25, 0.3) is 0 Å². The number of aliphatic carboxylic acids is 1. The van der Waals surface area contributed by atoms with Crippen LogP contribution in [0, 0.1) is 0 Å². The molecule has 148 valence electrons. The molecular formula is C22H18O7. The third-order valence-electron chi connectivity index (χ3n) is 5.54. The standard InChI is InChI=1S/C22H18O7/c23-17-18(24)20(21(26)27)29-22(19(17)25)28-14-9-7-12-5-4-10-2-1-3-11-6-8-13(14)16(12)15(10)11/h1-9,17-20,22-25H,(H,26,27)/t17-,18+,19+,20+,22-/m1/s1. The van der Waals surface area contributed by atoms with Crippen LogP contribution in [0.15, 0.2) is 54.6 Å². The molecule has 7 heteroatoms. The van der Waals surface area contributed by atoms with Crippen molar-refractivity contribution in [3.8, 4) is 5.75 Å². The summed E-state index contributed by atoms with van der Waals surface area (Å²) in [6.07, 6.45) is -8.25. The number of rotatable bonds is 3. The first kappa shape index (κ1) is 18.1. The first-order chi connectivity index (χ1) is 14.0. The molecule has 4 aromatic carbocycles. The van der Waals surface area contributed by atoms with Crippen molar-refractivity contribution in [2.45, 2.75) is 30.7 Å². The topological polar surface area (TPSA) is 116 Å².